The van der Waals surface area contributed by atoms with Crippen LogP contribution in [0.5, 0.6) is 5.75 Å². The van der Waals surface area contributed by atoms with Crippen LogP contribution in [0.25, 0.3) is 0 Å². The number of rotatable bonds is 3. The van der Waals surface area contributed by atoms with Gasteiger partial charge in [0.15, 0.2) is 0 Å². The summed E-state index contributed by atoms with van der Waals surface area (Å²) >= 11 is 0. The van der Waals surface area contributed by atoms with Crippen molar-refractivity contribution in [2.45, 2.75) is 18.6 Å². The van der Waals surface area contributed by atoms with Crippen LogP contribution in [0, 0.1) is 5.82 Å². The molecule has 0 radical (unpaired) electrons. The van der Waals surface area contributed by atoms with Crippen molar-refractivity contribution < 1.29 is 22.3 Å². The van der Waals surface area contributed by atoms with Gasteiger partial charge in [0.2, 0.25) is 0 Å². The van der Waals surface area contributed by atoms with Crippen molar-refractivity contribution in [2.24, 2.45) is 5.73 Å². The quantitative estimate of drug-likeness (QED) is 0.859. The molecule has 0 aliphatic rings. The highest BCUT2D eigenvalue weighted by Crippen LogP contribution is 2.30. The lowest BCUT2D eigenvalue weighted by Crippen LogP contribution is -2.21. The van der Waals surface area contributed by atoms with Gasteiger partial charge in [-0.3, -0.25) is 0 Å². The van der Waals surface area contributed by atoms with Crippen LogP contribution in [0.4, 0.5) is 17.6 Å². The van der Waals surface area contributed by atoms with Crippen LogP contribution < -0.4 is 10.5 Å². The van der Waals surface area contributed by atoms with Gasteiger partial charge in [-0.15, -0.1) is 12.4 Å². The SMILES string of the molecule is COc1ccc([C@@H](N)CC(F)(F)F)c(F)c1.Cl. The summed E-state index contributed by atoms with van der Waals surface area (Å²) in [4.78, 5) is 0. The van der Waals surface area contributed by atoms with Gasteiger partial charge < -0.3 is 10.5 Å². The fourth-order valence-corrected chi connectivity index (χ4v) is 1.29. The highest BCUT2D eigenvalue weighted by atomic mass is 35.5. The van der Waals surface area contributed by atoms with Gasteiger partial charge in [0.1, 0.15) is 11.6 Å². The van der Waals surface area contributed by atoms with Crippen LogP contribution in [-0.4, -0.2) is 13.3 Å². The van der Waals surface area contributed by atoms with Crippen molar-refractivity contribution in [3.05, 3.63) is 29.6 Å². The van der Waals surface area contributed by atoms with Gasteiger partial charge >= 0.3 is 6.18 Å². The first kappa shape index (κ1) is 16.0. The number of alkyl halides is 3. The predicted molar refractivity (Wildman–Crippen MR) is 57.8 cm³/mol. The van der Waals surface area contributed by atoms with Crippen LogP contribution in [0.1, 0.15) is 18.0 Å². The average Bonchev–Trinajstić information content (AvgIpc) is 2.14. The maximum Gasteiger partial charge on any atom is 0.390 e. The van der Waals surface area contributed by atoms with Crippen LogP contribution in [0.15, 0.2) is 18.2 Å². The van der Waals surface area contributed by atoms with Gasteiger partial charge in [0.25, 0.3) is 0 Å². The van der Waals surface area contributed by atoms with E-state index in [-0.39, 0.29) is 23.7 Å². The van der Waals surface area contributed by atoms with Crippen LogP contribution in [0.3, 0.4) is 0 Å². The summed E-state index contributed by atoms with van der Waals surface area (Å²) < 4.78 is 54.2. The predicted octanol–water partition coefficient (Wildman–Crippen LogP) is 3.21. The van der Waals surface area contributed by atoms with E-state index in [1.165, 1.54) is 19.2 Å². The van der Waals surface area contributed by atoms with Crippen molar-refractivity contribution in [1.29, 1.82) is 0 Å². The maximum absolute atomic E-state index is 13.3. The lowest BCUT2D eigenvalue weighted by atomic mass is 10.0. The normalized spacial score (nSPS) is 12.8. The van der Waals surface area contributed by atoms with Crippen LogP contribution in [0.2, 0.25) is 0 Å². The lowest BCUT2D eigenvalue weighted by Gasteiger charge is -2.15. The highest BCUT2D eigenvalue weighted by Gasteiger charge is 2.31. The van der Waals surface area contributed by atoms with Gasteiger partial charge in [0, 0.05) is 17.7 Å². The summed E-state index contributed by atoms with van der Waals surface area (Å²) in [5.41, 5.74) is 5.10. The molecule has 2 N–H and O–H groups in total. The summed E-state index contributed by atoms with van der Waals surface area (Å²) in [5.74, 6) is -0.559. The van der Waals surface area contributed by atoms with Crippen molar-refractivity contribution in [2.75, 3.05) is 7.11 Å². The molecule has 0 saturated carbocycles. The third kappa shape index (κ3) is 4.79. The molecule has 1 aromatic rings. The smallest absolute Gasteiger partial charge is 0.390 e. The summed E-state index contributed by atoms with van der Waals surface area (Å²) in [7, 11) is 1.34. The molecule has 0 unspecified atom stereocenters. The summed E-state index contributed by atoms with van der Waals surface area (Å²) in [6.45, 7) is 0. The van der Waals surface area contributed by atoms with Gasteiger partial charge in [-0.1, -0.05) is 6.07 Å². The van der Waals surface area contributed by atoms with E-state index < -0.39 is 24.5 Å². The summed E-state index contributed by atoms with van der Waals surface area (Å²) in [6, 6.07) is 2.18. The number of benzene rings is 1. The Balaban J connectivity index is 0.00000256. The van der Waals surface area contributed by atoms with E-state index in [4.69, 9.17) is 10.5 Å². The van der Waals surface area contributed by atoms with Gasteiger partial charge in [-0.2, -0.15) is 13.2 Å². The fourth-order valence-electron chi connectivity index (χ4n) is 1.29. The molecule has 7 heteroatoms. The Labute approximate surface area is 102 Å². The second kappa shape index (κ2) is 6.07. The largest absolute Gasteiger partial charge is 0.497 e. The molecule has 98 valence electrons. The second-order valence-corrected chi connectivity index (χ2v) is 3.31. The first-order chi connectivity index (χ1) is 7.33. The number of hydrogen-bond donors (Lipinski definition) is 1. The number of ether oxygens (including phenoxy) is 1. The zero-order chi connectivity index (χ0) is 12.3. The third-order valence-corrected chi connectivity index (χ3v) is 2.06. The molecule has 1 atom stereocenters. The second-order valence-electron chi connectivity index (χ2n) is 3.31. The van der Waals surface area contributed by atoms with Gasteiger partial charge in [-0.05, 0) is 6.07 Å². The van der Waals surface area contributed by atoms with Crippen LogP contribution in [-0.2, 0) is 0 Å². The maximum atomic E-state index is 13.3. The van der Waals surface area contributed by atoms with Crippen molar-refractivity contribution in [3.63, 3.8) is 0 Å². The molecule has 0 fully saturated rings. The Morgan fingerprint density at radius 1 is 1.35 bits per heavy atom. The fraction of sp³-hybridized carbons (Fsp3) is 0.400. The van der Waals surface area contributed by atoms with Gasteiger partial charge in [-0.25, -0.2) is 4.39 Å². The van der Waals surface area contributed by atoms with Gasteiger partial charge in [0.05, 0.1) is 13.5 Å². The van der Waals surface area contributed by atoms with E-state index in [9.17, 15) is 17.6 Å². The highest BCUT2D eigenvalue weighted by molar-refractivity contribution is 5.85. The number of hydrogen-bond acceptors (Lipinski definition) is 2. The van der Waals surface area contributed by atoms with E-state index in [0.29, 0.717) is 0 Å². The molecular formula is C10H12ClF4NO. The Kier molecular flexibility index (Phi) is 5.71. The Morgan fingerprint density at radius 3 is 2.35 bits per heavy atom. The standard InChI is InChI=1S/C10H11F4NO.ClH/c1-16-6-2-3-7(8(11)4-6)9(15)5-10(12,13)14;/h2-4,9H,5,15H2,1H3;1H/t9-;/m0./s1. The lowest BCUT2D eigenvalue weighted by molar-refractivity contribution is -0.138. The van der Waals surface area contributed by atoms with Crippen molar-refractivity contribution in [1.82, 2.24) is 0 Å². The molecule has 2 nitrogen and oxygen atoms in total. The van der Waals surface area contributed by atoms with E-state index in [1.54, 1.807) is 0 Å². The topological polar surface area (TPSA) is 35.2 Å². The molecule has 0 aliphatic carbocycles. The Bertz CT molecular complexity index is 370. The molecule has 0 heterocycles. The molecule has 1 aromatic carbocycles. The van der Waals surface area contributed by atoms with E-state index in [1.807, 2.05) is 0 Å². The summed E-state index contributed by atoms with van der Waals surface area (Å²) in [5, 5.41) is 0. The monoisotopic (exact) mass is 273 g/mol. The van der Waals surface area contributed by atoms with E-state index in [0.717, 1.165) is 6.07 Å². The number of nitrogens with two attached hydrogens (primary N) is 1. The number of halogens is 5. The molecule has 17 heavy (non-hydrogen) atoms. The molecule has 0 aromatic heterocycles. The zero-order valence-corrected chi connectivity index (χ0v) is 9.74. The zero-order valence-electron chi connectivity index (χ0n) is 8.92. The third-order valence-electron chi connectivity index (χ3n) is 2.06. The first-order valence-corrected chi connectivity index (χ1v) is 4.49. The van der Waals surface area contributed by atoms with Crippen LogP contribution >= 0.6 is 12.4 Å². The molecule has 0 aliphatic heterocycles. The number of methoxy groups -OCH3 is 1. The molecular weight excluding hydrogens is 262 g/mol. The Hall–Kier alpha value is -1.01. The molecule has 0 spiro atoms. The summed E-state index contributed by atoms with van der Waals surface area (Å²) in [6.07, 6.45) is -5.66. The van der Waals surface area contributed by atoms with E-state index in [2.05, 4.69) is 0 Å². The Morgan fingerprint density at radius 2 is 1.94 bits per heavy atom. The van der Waals surface area contributed by atoms with Crippen molar-refractivity contribution in [3.8, 4) is 5.75 Å². The van der Waals surface area contributed by atoms with E-state index >= 15 is 0 Å². The minimum atomic E-state index is -4.41. The molecule has 0 bridgehead atoms. The first-order valence-electron chi connectivity index (χ1n) is 4.49. The molecule has 0 saturated heterocycles. The van der Waals surface area contributed by atoms with Crippen molar-refractivity contribution >= 4 is 12.4 Å². The molecule has 1 rings (SSSR count). The minimum Gasteiger partial charge on any atom is -0.497 e. The average molecular weight is 274 g/mol. The minimum absolute atomic E-state index is 0. The molecule has 0 amide bonds.